The lowest BCUT2D eigenvalue weighted by molar-refractivity contribution is 0.369. The van der Waals surface area contributed by atoms with Gasteiger partial charge in [-0.2, -0.15) is 0 Å². The van der Waals surface area contributed by atoms with E-state index in [1.165, 1.54) is 0 Å². The van der Waals surface area contributed by atoms with E-state index < -0.39 is 0 Å². The number of anilines is 1. The van der Waals surface area contributed by atoms with Crippen LogP contribution < -0.4 is 15.8 Å². The van der Waals surface area contributed by atoms with Crippen LogP contribution >= 0.6 is 0 Å². The molecule has 0 aliphatic carbocycles. The van der Waals surface area contributed by atoms with Crippen LogP contribution in [0.15, 0.2) is 52.3 Å². The highest BCUT2D eigenvalue weighted by Gasteiger charge is 2.21. The second kappa shape index (κ2) is 10.0. The van der Waals surface area contributed by atoms with Gasteiger partial charge in [0.1, 0.15) is 5.75 Å². The van der Waals surface area contributed by atoms with Crippen molar-refractivity contribution >= 4 is 11.6 Å². The Bertz CT molecular complexity index is 885. The average molecular weight is 398 g/mol. The first kappa shape index (κ1) is 20.8. The number of piperazine rings is 1. The van der Waals surface area contributed by atoms with Gasteiger partial charge in [0.05, 0.1) is 5.69 Å². The summed E-state index contributed by atoms with van der Waals surface area (Å²) in [6, 6.07) is 12.9. The summed E-state index contributed by atoms with van der Waals surface area (Å²) >= 11 is 0. The second-order valence-corrected chi connectivity index (χ2v) is 7.30. The molecule has 1 fully saturated rings. The van der Waals surface area contributed by atoms with E-state index in [9.17, 15) is 9.90 Å². The minimum absolute atomic E-state index is 0.0658. The Morgan fingerprint density at radius 3 is 2.52 bits per heavy atom. The third kappa shape index (κ3) is 5.31. The van der Waals surface area contributed by atoms with E-state index in [0.29, 0.717) is 5.75 Å². The molecule has 1 aliphatic heterocycles. The molecule has 3 rings (SSSR count). The fourth-order valence-electron chi connectivity index (χ4n) is 3.73. The molecule has 1 aromatic heterocycles. The topological polar surface area (TPSA) is 73.1 Å². The average Bonchev–Trinajstić information content (AvgIpc) is 2.73. The molecule has 2 heterocycles. The zero-order valence-corrected chi connectivity index (χ0v) is 17.3. The van der Waals surface area contributed by atoms with Gasteiger partial charge in [0, 0.05) is 58.1 Å². The molecule has 1 aromatic carbocycles. The molecule has 0 saturated carbocycles. The van der Waals surface area contributed by atoms with Crippen LogP contribution in [-0.4, -0.2) is 60.3 Å². The molecule has 0 atom stereocenters. The normalized spacial score (nSPS) is 14.9. The summed E-state index contributed by atoms with van der Waals surface area (Å²) in [6.07, 6.45) is 1.91. The van der Waals surface area contributed by atoms with Crippen molar-refractivity contribution in [1.29, 1.82) is 0 Å². The van der Waals surface area contributed by atoms with Crippen LogP contribution in [0.2, 0.25) is 0 Å². The highest BCUT2D eigenvalue weighted by Crippen LogP contribution is 2.27. The SMILES string of the molecule is CN=C(NCCCCn1c(C)cccc1=O)N1CCN(c2ccccc2O)CC1. The second-order valence-electron chi connectivity index (χ2n) is 7.30. The van der Waals surface area contributed by atoms with Crippen molar-refractivity contribution in [2.24, 2.45) is 4.99 Å². The van der Waals surface area contributed by atoms with Gasteiger partial charge >= 0.3 is 0 Å². The number of nitrogens with zero attached hydrogens (tertiary/aromatic N) is 4. The zero-order chi connectivity index (χ0) is 20.6. The van der Waals surface area contributed by atoms with E-state index >= 15 is 0 Å². The first-order valence-corrected chi connectivity index (χ1v) is 10.2. The Labute approximate surface area is 172 Å². The number of aliphatic imine (C=N–C) groups is 1. The van der Waals surface area contributed by atoms with Gasteiger partial charge in [-0.25, -0.2) is 0 Å². The van der Waals surface area contributed by atoms with Crippen LogP contribution in [0.4, 0.5) is 5.69 Å². The number of pyridine rings is 1. The molecule has 2 N–H and O–H groups in total. The summed E-state index contributed by atoms with van der Waals surface area (Å²) in [5.41, 5.74) is 1.96. The van der Waals surface area contributed by atoms with E-state index in [1.54, 1.807) is 18.2 Å². The number of hydrogen-bond donors (Lipinski definition) is 2. The molecular formula is C22H31N5O2. The molecule has 1 saturated heterocycles. The Hall–Kier alpha value is -2.96. The Morgan fingerprint density at radius 2 is 1.83 bits per heavy atom. The summed E-state index contributed by atoms with van der Waals surface area (Å²) < 4.78 is 1.83. The number of unbranched alkanes of at least 4 members (excludes halogenated alkanes) is 1. The van der Waals surface area contributed by atoms with Gasteiger partial charge in [-0.05, 0) is 38.0 Å². The minimum Gasteiger partial charge on any atom is -0.506 e. The van der Waals surface area contributed by atoms with Gasteiger partial charge in [0.25, 0.3) is 5.56 Å². The molecule has 7 heteroatoms. The Balaban J connectivity index is 1.42. The number of aromatic hydroxyl groups is 1. The number of aromatic nitrogens is 1. The number of phenols is 1. The first-order valence-electron chi connectivity index (χ1n) is 10.2. The van der Waals surface area contributed by atoms with Gasteiger partial charge < -0.3 is 24.8 Å². The highest BCUT2D eigenvalue weighted by molar-refractivity contribution is 5.80. The lowest BCUT2D eigenvalue weighted by Gasteiger charge is -2.37. The quantitative estimate of drug-likeness (QED) is 0.443. The van der Waals surface area contributed by atoms with Crippen molar-refractivity contribution in [3.63, 3.8) is 0 Å². The van der Waals surface area contributed by atoms with Crippen molar-refractivity contribution in [3.8, 4) is 5.75 Å². The van der Waals surface area contributed by atoms with E-state index in [-0.39, 0.29) is 5.56 Å². The maximum absolute atomic E-state index is 11.9. The standard InChI is InChI=1S/C22H31N5O2/c1-18-8-7-11-21(29)27(18)13-6-5-12-24-22(23-2)26-16-14-25(15-17-26)19-9-3-4-10-20(19)28/h3-4,7-11,28H,5-6,12-17H2,1-2H3,(H,23,24). The number of nitrogens with one attached hydrogen (secondary N) is 1. The van der Waals surface area contributed by atoms with Crippen molar-refractivity contribution in [3.05, 3.63) is 58.5 Å². The Morgan fingerprint density at radius 1 is 1.07 bits per heavy atom. The lowest BCUT2D eigenvalue weighted by Crippen LogP contribution is -2.52. The van der Waals surface area contributed by atoms with Gasteiger partial charge in [-0.1, -0.05) is 18.2 Å². The van der Waals surface area contributed by atoms with Crippen LogP contribution in [-0.2, 0) is 6.54 Å². The predicted octanol–water partition coefficient (Wildman–Crippen LogP) is 2.04. The number of aryl methyl sites for hydroxylation is 1. The summed E-state index contributed by atoms with van der Waals surface area (Å²) in [7, 11) is 1.81. The number of hydrogen-bond acceptors (Lipinski definition) is 4. The van der Waals surface area contributed by atoms with Crippen molar-refractivity contribution < 1.29 is 5.11 Å². The Kier molecular flexibility index (Phi) is 7.16. The third-order valence-electron chi connectivity index (χ3n) is 5.37. The molecular weight excluding hydrogens is 366 g/mol. The predicted molar refractivity (Wildman–Crippen MR) is 118 cm³/mol. The van der Waals surface area contributed by atoms with Crippen LogP contribution in [0.5, 0.6) is 5.75 Å². The molecule has 0 spiro atoms. The summed E-state index contributed by atoms with van der Waals surface area (Å²) in [5, 5.41) is 13.5. The first-order chi connectivity index (χ1) is 14.1. The van der Waals surface area contributed by atoms with Crippen LogP contribution in [0.25, 0.3) is 0 Å². The van der Waals surface area contributed by atoms with Gasteiger partial charge in [-0.15, -0.1) is 0 Å². The number of rotatable bonds is 6. The third-order valence-corrected chi connectivity index (χ3v) is 5.37. The fourth-order valence-corrected chi connectivity index (χ4v) is 3.73. The molecule has 2 aromatic rings. The van der Waals surface area contributed by atoms with Crippen LogP contribution in [0.3, 0.4) is 0 Å². The highest BCUT2D eigenvalue weighted by atomic mass is 16.3. The molecule has 29 heavy (non-hydrogen) atoms. The molecule has 7 nitrogen and oxygen atoms in total. The number of para-hydroxylation sites is 2. The molecule has 0 unspecified atom stereocenters. The monoisotopic (exact) mass is 397 g/mol. The number of benzene rings is 1. The summed E-state index contributed by atoms with van der Waals surface area (Å²) in [6.45, 7) is 6.93. The molecule has 0 bridgehead atoms. The van der Waals surface area contributed by atoms with E-state index in [0.717, 1.165) is 69.5 Å². The molecule has 0 radical (unpaired) electrons. The summed E-state index contributed by atoms with van der Waals surface area (Å²) in [4.78, 5) is 20.8. The lowest BCUT2D eigenvalue weighted by atomic mass is 10.2. The zero-order valence-electron chi connectivity index (χ0n) is 17.3. The number of phenolic OH excluding ortho intramolecular Hbond substituents is 1. The molecule has 156 valence electrons. The van der Waals surface area contributed by atoms with E-state index in [2.05, 4.69) is 20.1 Å². The maximum atomic E-state index is 11.9. The largest absolute Gasteiger partial charge is 0.506 e. The van der Waals surface area contributed by atoms with Crippen molar-refractivity contribution in [1.82, 2.24) is 14.8 Å². The fraction of sp³-hybridized carbons (Fsp3) is 0.455. The van der Waals surface area contributed by atoms with Crippen LogP contribution in [0, 0.1) is 6.92 Å². The number of guanidine groups is 1. The minimum atomic E-state index is 0.0658. The van der Waals surface area contributed by atoms with E-state index in [4.69, 9.17) is 0 Å². The van der Waals surface area contributed by atoms with Gasteiger partial charge in [-0.3, -0.25) is 9.79 Å². The van der Waals surface area contributed by atoms with Crippen LogP contribution in [0.1, 0.15) is 18.5 Å². The maximum Gasteiger partial charge on any atom is 0.250 e. The van der Waals surface area contributed by atoms with Crippen molar-refractivity contribution in [2.75, 3.05) is 44.7 Å². The smallest absolute Gasteiger partial charge is 0.250 e. The molecule has 0 amide bonds. The van der Waals surface area contributed by atoms with E-state index in [1.807, 2.05) is 42.8 Å². The van der Waals surface area contributed by atoms with Gasteiger partial charge in [0.2, 0.25) is 0 Å². The summed E-state index contributed by atoms with van der Waals surface area (Å²) in [5.74, 6) is 1.24. The van der Waals surface area contributed by atoms with Gasteiger partial charge in [0.15, 0.2) is 5.96 Å². The van der Waals surface area contributed by atoms with Crippen molar-refractivity contribution in [2.45, 2.75) is 26.3 Å². The molecule has 1 aliphatic rings.